The van der Waals surface area contributed by atoms with E-state index in [4.69, 9.17) is 9.26 Å². The molecule has 1 aromatic carbocycles. The van der Waals surface area contributed by atoms with Crippen LogP contribution in [-0.4, -0.2) is 40.7 Å². The standard InChI is InChI=1S/C21H23N5O3/c1-14(2)11-22-18-8-7-15(12-23-18)21-24-19(29-25-21)9-10-26-16-5-3-4-6-17(16)28-13-20(26)27/h3-8,12,14H,9-11,13H2,1-2H3,(H,22,23). The van der Waals surface area contributed by atoms with Gasteiger partial charge in [-0.05, 0) is 30.2 Å². The lowest BCUT2D eigenvalue weighted by Gasteiger charge is -2.28. The van der Waals surface area contributed by atoms with Gasteiger partial charge in [-0.25, -0.2) is 4.98 Å². The summed E-state index contributed by atoms with van der Waals surface area (Å²) in [6.45, 7) is 5.63. The maximum atomic E-state index is 12.3. The van der Waals surface area contributed by atoms with E-state index in [1.807, 2.05) is 36.4 Å². The molecule has 29 heavy (non-hydrogen) atoms. The van der Waals surface area contributed by atoms with Crippen molar-refractivity contribution in [3.8, 4) is 17.1 Å². The van der Waals surface area contributed by atoms with E-state index in [0.29, 0.717) is 36.3 Å². The highest BCUT2D eigenvalue weighted by molar-refractivity contribution is 5.97. The highest BCUT2D eigenvalue weighted by Gasteiger charge is 2.25. The molecule has 0 bridgehead atoms. The van der Waals surface area contributed by atoms with Crippen molar-refractivity contribution in [1.82, 2.24) is 15.1 Å². The smallest absolute Gasteiger partial charge is 0.265 e. The predicted molar refractivity (Wildman–Crippen MR) is 109 cm³/mol. The monoisotopic (exact) mass is 393 g/mol. The van der Waals surface area contributed by atoms with Gasteiger partial charge in [0.05, 0.1) is 5.69 Å². The number of pyridine rings is 1. The Morgan fingerprint density at radius 1 is 1.21 bits per heavy atom. The molecule has 0 saturated carbocycles. The van der Waals surface area contributed by atoms with E-state index < -0.39 is 0 Å². The Morgan fingerprint density at radius 2 is 2.07 bits per heavy atom. The first kappa shape index (κ1) is 18.9. The Kier molecular flexibility index (Phi) is 5.41. The quantitative estimate of drug-likeness (QED) is 0.659. The maximum absolute atomic E-state index is 12.3. The molecule has 2 aromatic heterocycles. The summed E-state index contributed by atoms with van der Waals surface area (Å²) in [5, 5.41) is 7.32. The number of nitrogens with one attached hydrogen (secondary N) is 1. The number of benzene rings is 1. The summed E-state index contributed by atoms with van der Waals surface area (Å²) < 4.78 is 10.8. The minimum Gasteiger partial charge on any atom is -0.482 e. The molecule has 8 heteroatoms. The Bertz CT molecular complexity index is 984. The number of hydrogen-bond acceptors (Lipinski definition) is 7. The van der Waals surface area contributed by atoms with Crippen molar-refractivity contribution in [2.45, 2.75) is 20.3 Å². The van der Waals surface area contributed by atoms with Crippen LogP contribution in [0.1, 0.15) is 19.7 Å². The lowest BCUT2D eigenvalue weighted by Crippen LogP contribution is -2.40. The van der Waals surface area contributed by atoms with Crippen LogP contribution in [0.2, 0.25) is 0 Å². The molecule has 0 spiro atoms. The van der Waals surface area contributed by atoms with Gasteiger partial charge in [0.2, 0.25) is 11.7 Å². The molecule has 150 valence electrons. The Labute approximate surface area is 168 Å². The SMILES string of the molecule is CC(C)CNc1ccc(-c2noc(CCN3C(=O)COc4ccccc43)n2)cn1. The molecule has 4 rings (SSSR count). The molecular weight excluding hydrogens is 370 g/mol. The number of amides is 1. The molecule has 1 aliphatic rings. The fourth-order valence-corrected chi connectivity index (χ4v) is 3.02. The summed E-state index contributed by atoms with van der Waals surface area (Å²) in [5.74, 6) is 2.93. The molecule has 0 fully saturated rings. The zero-order valence-electron chi connectivity index (χ0n) is 16.5. The van der Waals surface area contributed by atoms with Crippen LogP contribution in [0.25, 0.3) is 11.4 Å². The first-order valence-electron chi connectivity index (χ1n) is 9.65. The van der Waals surface area contributed by atoms with Crippen molar-refractivity contribution in [2.24, 2.45) is 5.92 Å². The van der Waals surface area contributed by atoms with Crippen LogP contribution in [0.3, 0.4) is 0 Å². The number of nitrogens with zero attached hydrogens (tertiary/aromatic N) is 4. The second-order valence-electron chi connectivity index (χ2n) is 7.27. The molecule has 0 radical (unpaired) electrons. The largest absolute Gasteiger partial charge is 0.482 e. The van der Waals surface area contributed by atoms with Gasteiger partial charge in [-0.1, -0.05) is 31.1 Å². The van der Waals surface area contributed by atoms with Crippen LogP contribution in [0.15, 0.2) is 47.1 Å². The lowest BCUT2D eigenvalue weighted by atomic mass is 10.2. The number of aromatic nitrogens is 3. The lowest BCUT2D eigenvalue weighted by molar-refractivity contribution is -0.121. The third kappa shape index (κ3) is 4.37. The van der Waals surface area contributed by atoms with Crippen molar-refractivity contribution in [3.63, 3.8) is 0 Å². The van der Waals surface area contributed by atoms with E-state index >= 15 is 0 Å². The molecule has 3 heterocycles. The summed E-state index contributed by atoms with van der Waals surface area (Å²) in [4.78, 5) is 22.8. The molecule has 1 N–H and O–H groups in total. The number of fused-ring (bicyclic) bond motifs is 1. The van der Waals surface area contributed by atoms with Crippen LogP contribution in [0, 0.1) is 5.92 Å². The number of carbonyl (C=O) groups excluding carboxylic acids is 1. The van der Waals surface area contributed by atoms with E-state index in [1.54, 1.807) is 11.1 Å². The zero-order valence-corrected chi connectivity index (χ0v) is 16.5. The summed E-state index contributed by atoms with van der Waals surface area (Å²) in [7, 11) is 0. The van der Waals surface area contributed by atoms with Gasteiger partial charge < -0.3 is 19.5 Å². The Morgan fingerprint density at radius 3 is 2.86 bits per heavy atom. The third-order valence-corrected chi connectivity index (χ3v) is 4.54. The first-order chi connectivity index (χ1) is 14.1. The minimum atomic E-state index is -0.0860. The van der Waals surface area contributed by atoms with Crippen LogP contribution >= 0.6 is 0 Å². The van der Waals surface area contributed by atoms with E-state index in [0.717, 1.165) is 23.6 Å². The van der Waals surface area contributed by atoms with Crippen LogP contribution in [0.4, 0.5) is 11.5 Å². The zero-order chi connectivity index (χ0) is 20.2. The number of rotatable bonds is 7. The molecular formula is C21H23N5O3. The second-order valence-corrected chi connectivity index (χ2v) is 7.27. The fraction of sp³-hybridized carbons (Fsp3) is 0.333. The van der Waals surface area contributed by atoms with Gasteiger partial charge in [0.1, 0.15) is 11.6 Å². The molecule has 3 aromatic rings. The molecule has 0 unspecified atom stereocenters. The first-order valence-corrected chi connectivity index (χ1v) is 9.65. The average Bonchev–Trinajstić information content (AvgIpc) is 3.21. The van der Waals surface area contributed by atoms with E-state index in [-0.39, 0.29) is 12.5 Å². The summed E-state index contributed by atoms with van der Waals surface area (Å²) in [5.41, 5.74) is 1.54. The topological polar surface area (TPSA) is 93.4 Å². The van der Waals surface area contributed by atoms with Gasteiger partial charge in [0, 0.05) is 31.3 Å². The average molecular weight is 393 g/mol. The molecule has 8 nitrogen and oxygen atoms in total. The van der Waals surface area contributed by atoms with Crippen molar-refractivity contribution in [1.29, 1.82) is 0 Å². The second kappa shape index (κ2) is 8.30. The summed E-state index contributed by atoms with van der Waals surface area (Å²) >= 11 is 0. The van der Waals surface area contributed by atoms with Crippen molar-refractivity contribution < 1.29 is 14.1 Å². The number of para-hydroxylation sites is 2. The van der Waals surface area contributed by atoms with Crippen LogP contribution in [-0.2, 0) is 11.2 Å². The van der Waals surface area contributed by atoms with Gasteiger partial charge in [-0.2, -0.15) is 4.98 Å². The van der Waals surface area contributed by atoms with Crippen LogP contribution in [0.5, 0.6) is 5.75 Å². The Balaban J connectivity index is 1.40. The molecule has 0 saturated heterocycles. The minimum absolute atomic E-state index is 0.0367. The van der Waals surface area contributed by atoms with E-state index in [9.17, 15) is 4.79 Å². The number of anilines is 2. The number of hydrogen-bond donors (Lipinski definition) is 1. The Hall–Kier alpha value is -3.42. The van der Waals surface area contributed by atoms with Crippen molar-refractivity contribution in [3.05, 3.63) is 48.5 Å². The van der Waals surface area contributed by atoms with Gasteiger partial charge >= 0.3 is 0 Å². The van der Waals surface area contributed by atoms with Gasteiger partial charge in [0.15, 0.2) is 6.61 Å². The third-order valence-electron chi connectivity index (χ3n) is 4.54. The van der Waals surface area contributed by atoms with Crippen LogP contribution < -0.4 is 15.0 Å². The highest BCUT2D eigenvalue weighted by atomic mass is 16.5. The molecule has 0 aliphatic carbocycles. The fourth-order valence-electron chi connectivity index (χ4n) is 3.02. The van der Waals surface area contributed by atoms with Gasteiger partial charge in [0.25, 0.3) is 5.91 Å². The molecule has 1 aliphatic heterocycles. The molecule has 0 atom stereocenters. The number of ether oxygens (including phenoxy) is 1. The van der Waals surface area contributed by atoms with E-state index in [2.05, 4.69) is 34.3 Å². The van der Waals surface area contributed by atoms with E-state index in [1.165, 1.54) is 0 Å². The summed E-state index contributed by atoms with van der Waals surface area (Å²) in [6.07, 6.45) is 2.17. The number of carbonyl (C=O) groups is 1. The predicted octanol–water partition coefficient (Wildman–Crippen LogP) is 3.17. The van der Waals surface area contributed by atoms with Crippen molar-refractivity contribution in [2.75, 3.05) is 29.9 Å². The van der Waals surface area contributed by atoms with Crippen molar-refractivity contribution >= 4 is 17.4 Å². The summed E-state index contributed by atoms with van der Waals surface area (Å²) in [6, 6.07) is 11.3. The molecule has 1 amide bonds. The maximum Gasteiger partial charge on any atom is 0.265 e. The normalized spacial score (nSPS) is 13.3. The highest BCUT2D eigenvalue weighted by Crippen LogP contribution is 2.31. The van der Waals surface area contributed by atoms with Gasteiger partial charge in [-0.15, -0.1) is 0 Å². The van der Waals surface area contributed by atoms with Gasteiger partial charge in [-0.3, -0.25) is 4.79 Å².